The number of hydrogen-bond acceptors (Lipinski definition) is 5. The zero-order chi connectivity index (χ0) is 19.8. The van der Waals surface area contributed by atoms with E-state index in [4.69, 9.17) is 4.74 Å². The Morgan fingerprint density at radius 1 is 1.24 bits per heavy atom. The number of morpholine rings is 1. The summed E-state index contributed by atoms with van der Waals surface area (Å²) < 4.78 is 5.91. The summed E-state index contributed by atoms with van der Waals surface area (Å²) in [7, 11) is 0. The van der Waals surface area contributed by atoms with Gasteiger partial charge in [-0.2, -0.15) is 5.10 Å². The van der Waals surface area contributed by atoms with Gasteiger partial charge in [0.25, 0.3) is 0 Å². The van der Waals surface area contributed by atoms with Crippen LogP contribution in [0.5, 0.6) is 0 Å². The summed E-state index contributed by atoms with van der Waals surface area (Å²) in [5.41, 5.74) is 1.89. The molecule has 2 saturated heterocycles. The van der Waals surface area contributed by atoms with Crippen molar-refractivity contribution in [3.8, 4) is 0 Å². The largest absolute Gasteiger partial charge is 0.371 e. The number of H-pyrrole nitrogens is 1. The molecule has 0 radical (unpaired) electrons. The lowest BCUT2D eigenvalue weighted by Crippen LogP contribution is -2.42. The van der Waals surface area contributed by atoms with E-state index in [1.54, 1.807) is 6.20 Å². The van der Waals surface area contributed by atoms with Gasteiger partial charge in [0.15, 0.2) is 5.82 Å². The molecular weight excluding hydrogens is 368 g/mol. The van der Waals surface area contributed by atoms with E-state index in [0.29, 0.717) is 18.0 Å². The Balaban J connectivity index is 1.28. The molecule has 2 amide bonds. The summed E-state index contributed by atoms with van der Waals surface area (Å²) in [5.74, 6) is 1.38. The SMILES string of the molecule is C[C@@H](NC(=O)Nc1cc2[nH]nc(N3CC4CCC(C3)O4)c2cn1)c1ccccc1. The van der Waals surface area contributed by atoms with Gasteiger partial charge in [-0.15, -0.1) is 0 Å². The van der Waals surface area contributed by atoms with Gasteiger partial charge in [0.1, 0.15) is 5.82 Å². The van der Waals surface area contributed by atoms with Crippen molar-refractivity contribution in [3.63, 3.8) is 0 Å². The van der Waals surface area contributed by atoms with Crippen molar-refractivity contribution in [1.82, 2.24) is 20.5 Å². The fraction of sp³-hybridized carbons (Fsp3) is 0.381. The third-order valence-electron chi connectivity index (χ3n) is 5.66. The molecule has 1 aromatic carbocycles. The maximum absolute atomic E-state index is 12.4. The van der Waals surface area contributed by atoms with Crippen LogP contribution in [0, 0.1) is 0 Å². The Hall–Kier alpha value is -3.13. The van der Waals surface area contributed by atoms with Crippen LogP contribution in [0.25, 0.3) is 10.9 Å². The standard InChI is InChI=1S/C21H24N6O2/c1-13(14-5-3-2-4-6-14)23-21(28)24-19-9-18-17(10-22-19)20(26-25-18)27-11-15-7-8-16(12-27)29-15/h2-6,9-10,13,15-16H,7-8,11-12H2,1H3,(H,25,26)(H2,22,23,24,28)/t13-,15?,16?/m1/s1. The minimum atomic E-state index is -0.294. The van der Waals surface area contributed by atoms with E-state index in [-0.39, 0.29) is 12.1 Å². The van der Waals surface area contributed by atoms with Gasteiger partial charge in [-0.1, -0.05) is 30.3 Å². The molecule has 8 heteroatoms. The molecule has 0 spiro atoms. The summed E-state index contributed by atoms with van der Waals surface area (Å²) >= 11 is 0. The van der Waals surface area contributed by atoms with E-state index in [1.165, 1.54) is 0 Å². The zero-order valence-corrected chi connectivity index (χ0v) is 16.3. The predicted molar refractivity (Wildman–Crippen MR) is 111 cm³/mol. The summed E-state index contributed by atoms with van der Waals surface area (Å²) in [6, 6.07) is 11.3. The molecule has 3 atom stereocenters. The Kier molecular flexibility index (Phi) is 4.55. The molecule has 29 heavy (non-hydrogen) atoms. The third kappa shape index (κ3) is 3.63. The van der Waals surface area contributed by atoms with Crippen molar-refractivity contribution < 1.29 is 9.53 Å². The molecule has 0 aliphatic carbocycles. The molecule has 2 bridgehead atoms. The number of urea groups is 1. The van der Waals surface area contributed by atoms with E-state index < -0.39 is 0 Å². The number of nitrogens with zero attached hydrogens (tertiary/aromatic N) is 3. The van der Waals surface area contributed by atoms with Crippen LogP contribution in [-0.4, -0.2) is 46.5 Å². The van der Waals surface area contributed by atoms with E-state index in [9.17, 15) is 4.79 Å². The molecule has 3 N–H and O–H groups in total. The number of fused-ring (bicyclic) bond motifs is 3. The molecule has 5 rings (SSSR count). The highest BCUT2D eigenvalue weighted by molar-refractivity contribution is 5.94. The van der Waals surface area contributed by atoms with Crippen LogP contribution in [0.4, 0.5) is 16.4 Å². The molecule has 2 aliphatic heterocycles. The first-order valence-corrected chi connectivity index (χ1v) is 10.0. The number of nitrogens with one attached hydrogen (secondary N) is 3. The summed E-state index contributed by atoms with van der Waals surface area (Å²) in [6.07, 6.45) is 4.59. The summed E-state index contributed by atoms with van der Waals surface area (Å²) in [5, 5.41) is 14.3. The second-order valence-corrected chi connectivity index (χ2v) is 7.76. The Morgan fingerprint density at radius 3 is 2.76 bits per heavy atom. The number of aromatic nitrogens is 3. The van der Waals surface area contributed by atoms with Gasteiger partial charge in [-0.3, -0.25) is 10.4 Å². The number of benzene rings is 1. The normalized spacial score (nSPS) is 21.9. The monoisotopic (exact) mass is 392 g/mol. The number of hydrogen-bond donors (Lipinski definition) is 3. The van der Waals surface area contributed by atoms with Gasteiger partial charge in [0, 0.05) is 25.4 Å². The van der Waals surface area contributed by atoms with Gasteiger partial charge >= 0.3 is 6.03 Å². The number of anilines is 2. The fourth-order valence-electron chi connectivity index (χ4n) is 4.17. The number of carbonyl (C=O) groups excluding carboxylic acids is 1. The molecule has 2 aromatic heterocycles. The molecule has 150 valence electrons. The van der Waals surface area contributed by atoms with Crippen LogP contribution in [0.2, 0.25) is 0 Å². The van der Waals surface area contributed by atoms with Crippen molar-refractivity contribution >= 4 is 28.6 Å². The van der Waals surface area contributed by atoms with Crippen molar-refractivity contribution in [3.05, 3.63) is 48.2 Å². The highest BCUT2D eigenvalue weighted by Crippen LogP contribution is 2.32. The number of ether oxygens (including phenoxy) is 1. The number of aromatic amines is 1. The molecule has 2 aliphatic rings. The van der Waals surface area contributed by atoms with E-state index in [1.807, 2.05) is 43.3 Å². The number of pyridine rings is 1. The molecule has 3 aromatic rings. The Labute approximate surface area is 168 Å². The third-order valence-corrected chi connectivity index (χ3v) is 5.66. The number of amides is 2. The predicted octanol–water partition coefficient (Wildman–Crippen LogP) is 3.21. The van der Waals surface area contributed by atoms with Crippen LogP contribution in [-0.2, 0) is 4.74 Å². The van der Waals surface area contributed by atoms with Crippen LogP contribution >= 0.6 is 0 Å². The maximum atomic E-state index is 12.4. The van der Waals surface area contributed by atoms with E-state index >= 15 is 0 Å². The van der Waals surface area contributed by atoms with Crippen molar-refractivity contribution in [1.29, 1.82) is 0 Å². The van der Waals surface area contributed by atoms with Gasteiger partial charge in [0.2, 0.25) is 0 Å². The van der Waals surface area contributed by atoms with Crippen molar-refractivity contribution in [2.45, 2.75) is 38.0 Å². The molecule has 0 saturated carbocycles. The molecule has 8 nitrogen and oxygen atoms in total. The second kappa shape index (κ2) is 7.36. The van der Waals surface area contributed by atoms with Crippen LogP contribution in [0.1, 0.15) is 31.4 Å². The smallest absolute Gasteiger partial charge is 0.320 e. The van der Waals surface area contributed by atoms with Crippen LogP contribution < -0.4 is 15.5 Å². The van der Waals surface area contributed by atoms with Crippen LogP contribution in [0.3, 0.4) is 0 Å². The second-order valence-electron chi connectivity index (χ2n) is 7.76. The highest BCUT2D eigenvalue weighted by Gasteiger charge is 2.35. The first-order chi connectivity index (χ1) is 14.2. The number of carbonyl (C=O) groups is 1. The molecule has 2 fully saturated rings. The van der Waals surface area contributed by atoms with E-state index in [2.05, 4.69) is 30.7 Å². The quantitative estimate of drug-likeness (QED) is 0.634. The summed E-state index contributed by atoms with van der Waals surface area (Å²) in [6.45, 7) is 3.66. The van der Waals surface area contributed by atoms with Crippen molar-refractivity contribution in [2.24, 2.45) is 0 Å². The number of rotatable bonds is 4. The van der Waals surface area contributed by atoms with Crippen LogP contribution in [0.15, 0.2) is 42.6 Å². The lowest BCUT2D eigenvalue weighted by Gasteiger charge is -2.32. The maximum Gasteiger partial charge on any atom is 0.320 e. The molecular formula is C21H24N6O2. The van der Waals surface area contributed by atoms with Gasteiger partial charge in [0.05, 0.1) is 29.2 Å². The molecule has 2 unspecified atom stereocenters. The average Bonchev–Trinajstić information content (AvgIpc) is 3.30. The lowest BCUT2D eigenvalue weighted by molar-refractivity contribution is 0.0303. The summed E-state index contributed by atoms with van der Waals surface area (Å²) in [4.78, 5) is 19.0. The first-order valence-electron chi connectivity index (χ1n) is 10.0. The first kappa shape index (κ1) is 17.9. The zero-order valence-electron chi connectivity index (χ0n) is 16.3. The Morgan fingerprint density at radius 2 is 2.00 bits per heavy atom. The fourth-order valence-corrected chi connectivity index (χ4v) is 4.17. The lowest BCUT2D eigenvalue weighted by atomic mass is 10.1. The minimum absolute atomic E-state index is 0.102. The van der Waals surface area contributed by atoms with E-state index in [0.717, 1.165) is 48.2 Å². The average molecular weight is 392 g/mol. The van der Waals surface area contributed by atoms with Crippen molar-refractivity contribution in [2.75, 3.05) is 23.3 Å². The Bertz CT molecular complexity index is 1010. The minimum Gasteiger partial charge on any atom is -0.371 e. The highest BCUT2D eigenvalue weighted by atomic mass is 16.5. The topological polar surface area (TPSA) is 95.2 Å². The van der Waals surface area contributed by atoms with Gasteiger partial charge < -0.3 is 15.0 Å². The molecule has 4 heterocycles. The van der Waals surface area contributed by atoms with Gasteiger partial charge in [-0.25, -0.2) is 9.78 Å². The van der Waals surface area contributed by atoms with Gasteiger partial charge in [-0.05, 0) is 25.3 Å².